The van der Waals surface area contributed by atoms with Gasteiger partial charge in [-0.25, -0.2) is 0 Å². The molecule has 0 saturated carbocycles. The van der Waals surface area contributed by atoms with Gasteiger partial charge in [0.1, 0.15) is 5.92 Å². The molecule has 0 radical (unpaired) electrons. The van der Waals surface area contributed by atoms with E-state index in [1.54, 1.807) is 0 Å². The number of carboxylic acid groups (broad SMARTS) is 1. The van der Waals surface area contributed by atoms with Crippen molar-refractivity contribution >= 4 is 11.9 Å². The summed E-state index contributed by atoms with van der Waals surface area (Å²) in [5.41, 5.74) is 3.25. The molecule has 0 spiro atoms. The summed E-state index contributed by atoms with van der Waals surface area (Å²) in [6, 6.07) is 5.44. The molecular weight excluding hydrogens is 258 g/mol. The Bertz CT molecular complexity index is 527. The summed E-state index contributed by atoms with van der Waals surface area (Å²) in [6.07, 6.45) is 0.254. The number of ether oxygens (including phenoxy) is 1. The average Bonchev–Trinajstić information content (AvgIpc) is 2.82. The molecule has 1 aliphatic heterocycles. The number of carbonyl (C=O) groups is 2. The summed E-state index contributed by atoms with van der Waals surface area (Å²) >= 11 is 0. The van der Waals surface area contributed by atoms with Gasteiger partial charge in [-0.3, -0.25) is 9.59 Å². The fraction of sp³-hybridized carbons (Fsp3) is 0.467. The van der Waals surface area contributed by atoms with Crippen LogP contribution in [0.4, 0.5) is 0 Å². The van der Waals surface area contributed by atoms with E-state index in [-0.39, 0.29) is 25.5 Å². The molecule has 1 aliphatic rings. The highest BCUT2D eigenvalue weighted by Crippen LogP contribution is 2.15. The highest BCUT2D eigenvalue weighted by molar-refractivity contribution is 5.80. The second-order valence-corrected chi connectivity index (χ2v) is 5.25. The van der Waals surface area contributed by atoms with E-state index in [0.29, 0.717) is 0 Å². The first kappa shape index (κ1) is 14.5. The quantitative estimate of drug-likeness (QED) is 0.863. The zero-order chi connectivity index (χ0) is 14.7. The lowest BCUT2D eigenvalue weighted by Crippen LogP contribution is -2.43. The molecule has 0 aliphatic carbocycles. The smallest absolute Gasteiger partial charge is 0.311 e. The van der Waals surface area contributed by atoms with E-state index in [1.807, 2.05) is 32.0 Å². The van der Waals surface area contributed by atoms with Crippen LogP contribution in [0.5, 0.6) is 0 Å². The van der Waals surface area contributed by atoms with E-state index in [2.05, 4.69) is 5.32 Å². The summed E-state index contributed by atoms with van der Waals surface area (Å²) in [4.78, 5) is 23.0. The third-order valence-electron chi connectivity index (χ3n) is 3.68. The van der Waals surface area contributed by atoms with Crippen LogP contribution in [0.1, 0.15) is 16.7 Å². The molecule has 2 unspecified atom stereocenters. The van der Waals surface area contributed by atoms with Gasteiger partial charge < -0.3 is 15.2 Å². The number of aryl methyl sites for hydroxylation is 2. The van der Waals surface area contributed by atoms with Crippen molar-refractivity contribution in [2.24, 2.45) is 5.92 Å². The molecule has 5 heteroatoms. The van der Waals surface area contributed by atoms with Crippen LogP contribution < -0.4 is 5.32 Å². The number of rotatable bonds is 4. The Balaban J connectivity index is 1.95. The molecule has 1 aromatic carbocycles. The van der Waals surface area contributed by atoms with E-state index < -0.39 is 17.9 Å². The highest BCUT2D eigenvalue weighted by atomic mass is 16.5. The van der Waals surface area contributed by atoms with Gasteiger partial charge in [0.25, 0.3) is 0 Å². The van der Waals surface area contributed by atoms with E-state index in [4.69, 9.17) is 9.84 Å². The predicted octanol–water partition coefficient (Wildman–Crippen LogP) is 1.06. The molecule has 108 valence electrons. The molecule has 5 nitrogen and oxygen atoms in total. The molecule has 1 heterocycles. The van der Waals surface area contributed by atoms with E-state index >= 15 is 0 Å². The van der Waals surface area contributed by atoms with Crippen molar-refractivity contribution in [2.75, 3.05) is 13.2 Å². The lowest BCUT2D eigenvalue weighted by atomic mass is 10.0. The van der Waals surface area contributed by atoms with Crippen LogP contribution in [0.3, 0.4) is 0 Å². The number of carbonyl (C=O) groups excluding carboxylic acids is 1. The summed E-state index contributed by atoms with van der Waals surface area (Å²) in [5.74, 6) is -1.76. The molecule has 0 bridgehead atoms. The monoisotopic (exact) mass is 277 g/mol. The standard InChI is InChI=1S/C15H19NO4/c1-9-3-4-11(5-10(9)2)6-14(17)16-13-8-20-7-12(13)15(18)19/h3-5,12-13H,6-8H2,1-2H3,(H,16,17)(H,18,19). The number of carboxylic acids is 1. The average molecular weight is 277 g/mol. The van der Waals surface area contributed by atoms with Gasteiger partial charge >= 0.3 is 5.97 Å². The minimum absolute atomic E-state index is 0.157. The van der Waals surface area contributed by atoms with Crippen LogP contribution in [0.2, 0.25) is 0 Å². The van der Waals surface area contributed by atoms with Crippen LogP contribution in [0.15, 0.2) is 18.2 Å². The molecule has 1 amide bonds. The summed E-state index contributed by atoms with van der Waals surface area (Å²) in [5, 5.41) is 11.8. The third kappa shape index (κ3) is 3.36. The highest BCUT2D eigenvalue weighted by Gasteiger charge is 2.34. The minimum Gasteiger partial charge on any atom is -0.481 e. The maximum Gasteiger partial charge on any atom is 0.311 e. The minimum atomic E-state index is -0.931. The van der Waals surface area contributed by atoms with Gasteiger partial charge in [-0.1, -0.05) is 18.2 Å². The van der Waals surface area contributed by atoms with Crippen LogP contribution in [-0.4, -0.2) is 36.2 Å². The lowest BCUT2D eigenvalue weighted by Gasteiger charge is -2.15. The Morgan fingerprint density at radius 3 is 2.70 bits per heavy atom. The molecule has 2 atom stereocenters. The van der Waals surface area contributed by atoms with Gasteiger partial charge in [-0.15, -0.1) is 0 Å². The van der Waals surface area contributed by atoms with Gasteiger partial charge in [0.15, 0.2) is 0 Å². The molecule has 1 aromatic rings. The number of hydrogen-bond acceptors (Lipinski definition) is 3. The topological polar surface area (TPSA) is 75.6 Å². The fourth-order valence-corrected chi connectivity index (χ4v) is 2.30. The Labute approximate surface area is 117 Å². The largest absolute Gasteiger partial charge is 0.481 e. The van der Waals surface area contributed by atoms with E-state index in [0.717, 1.165) is 11.1 Å². The molecule has 0 aromatic heterocycles. The summed E-state index contributed by atoms with van der Waals surface area (Å²) < 4.78 is 5.12. The first-order valence-electron chi connectivity index (χ1n) is 6.63. The predicted molar refractivity (Wildman–Crippen MR) is 73.5 cm³/mol. The van der Waals surface area contributed by atoms with E-state index in [9.17, 15) is 9.59 Å². The van der Waals surface area contributed by atoms with Gasteiger partial charge in [-0.05, 0) is 30.5 Å². The van der Waals surface area contributed by atoms with Gasteiger partial charge in [0.05, 0.1) is 25.7 Å². The number of hydrogen-bond donors (Lipinski definition) is 2. The second-order valence-electron chi connectivity index (χ2n) is 5.25. The molecule has 20 heavy (non-hydrogen) atoms. The van der Waals surface area contributed by atoms with Gasteiger partial charge in [0, 0.05) is 0 Å². The number of aliphatic carboxylic acids is 1. The van der Waals surface area contributed by atoms with Crippen molar-refractivity contribution in [3.8, 4) is 0 Å². The summed E-state index contributed by atoms with van der Waals surface area (Å²) in [6.45, 7) is 4.44. The summed E-state index contributed by atoms with van der Waals surface area (Å²) in [7, 11) is 0. The van der Waals surface area contributed by atoms with Gasteiger partial charge in [0.2, 0.25) is 5.91 Å². The molecule has 2 N–H and O–H groups in total. The third-order valence-corrected chi connectivity index (χ3v) is 3.68. The van der Waals surface area contributed by atoms with Crippen molar-refractivity contribution in [1.82, 2.24) is 5.32 Å². The van der Waals surface area contributed by atoms with E-state index in [1.165, 1.54) is 5.56 Å². The first-order valence-corrected chi connectivity index (χ1v) is 6.63. The number of nitrogens with one attached hydrogen (secondary N) is 1. The molecular formula is C15H19NO4. The Morgan fingerprint density at radius 1 is 1.30 bits per heavy atom. The van der Waals surface area contributed by atoms with Crippen LogP contribution in [-0.2, 0) is 20.7 Å². The van der Waals surface area contributed by atoms with Crippen LogP contribution >= 0.6 is 0 Å². The Hall–Kier alpha value is -1.88. The number of amides is 1. The molecule has 1 fully saturated rings. The Kier molecular flexibility index (Phi) is 4.39. The van der Waals surface area contributed by atoms with Crippen molar-refractivity contribution in [3.63, 3.8) is 0 Å². The Morgan fingerprint density at radius 2 is 2.05 bits per heavy atom. The SMILES string of the molecule is Cc1ccc(CC(=O)NC2COCC2C(=O)O)cc1C. The molecule has 1 saturated heterocycles. The van der Waals surface area contributed by atoms with Crippen molar-refractivity contribution < 1.29 is 19.4 Å². The first-order chi connectivity index (χ1) is 9.47. The lowest BCUT2D eigenvalue weighted by molar-refractivity contribution is -0.142. The maximum atomic E-state index is 12.0. The van der Waals surface area contributed by atoms with Crippen LogP contribution in [0.25, 0.3) is 0 Å². The fourth-order valence-electron chi connectivity index (χ4n) is 2.30. The zero-order valence-corrected chi connectivity index (χ0v) is 11.7. The van der Waals surface area contributed by atoms with Crippen molar-refractivity contribution in [2.45, 2.75) is 26.3 Å². The van der Waals surface area contributed by atoms with Crippen molar-refractivity contribution in [1.29, 1.82) is 0 Å². The molecule has 2 rings (SSSR count). The second kappa shape index (κ2) is 6.05. The van der Waals surface area contributed by atoms with Crippen molar-refractivity contribution in [3.05, 3.63) is 34.9 Å². The van der Waals surface area contributed by atoms with Crippen LogP contribution in [0, 0.1) is 19.8 Å². The number of benzene rings is 1. The maximum absolute atomic E-state index is 12.0. The van der Waals surface area contributed by atoms with Gasteiger partial charge in [-0.2, -0.15) is 0 Å². The zero-order valence-electron chi connectivity index (χ0n) is 11.7. The normalized spacial score (nSPS) is 21.7.